The summed E-state index contributed by atoms with van der Waals surface area (Å²) in [5, 5.41) is 5.87. The first-order valence-corrected chi connectivity index (χ1v) is 10.7. The van der Waals surface area contributed by atoms with Crippen LogP contribution in [0.3, 0.4) is 0 Å². The van der Waals surface area contributed by atoms with Crippen molar-refractivity contribution in [2.75, 3.05) is 0 Å². The minimum absolute atomic E-state index is 0.00911. The SMILES string of the molecule is C[C@H]1[C@H](C(=O)N2C(=O)CC(C)(C)N2Cc2cccc3ccccc23)[C@@H]2C=C[C@H]1C2. The smallest absolute Gasteiger partial charge is 0.247 e. The third-order valence-corrected chi connectivity index (χ3v) is 7.31. The van der Waals surface area contributed by atoms with Gasteiger partial charge >= 0.3 is 0 Å². The van der Waals surface area contributed by atoms with Crippen LogP contribution in [0, 0.1) is 23.7 Å². The van der Waals surface area contributed by atoms with E-state index in [-0.39, 0.29) is 29.2 Å². The lowest BCUT2D eigenvalue weighted by atomic mass is 9.83. The van der Waals surface area contributed by atoms with E-state index in [9.17, 15) is 9.59 Å². The molecule has 1 saturated heterocycles. The molecule has 2 aliphatic carbocycles. The first-order chi connectivity index (χ1) is 13.9. The highest BCUT2D eigenvalue weighted by molar-refractivity contribution is 5.98. The zero-order chi connectivity index (χ0) is 20.3. The van der Waals surface area contributed by atoms with Crippen molar-refractivity contribution in [3.63, 3.8) is 0 Å². The average Bonchev–Trinajstić information content (AvgIpc) is 3.34. The van der Waals surface area contributed by atoms with Gasteiger partial charge in [0.1, 0.15) is 0 Å². The first-order valence-electron chi connectivity index (χ1n) is 10.7. The van der Waals surface area contributed by atoms with Gasteiger partial charge in [0.05, 0.1) is 0 Å². The largest absolute Gasteiger partial charge is 0.273 e. The third-order valence-electron chi connectivity index (χ3n) is 7.31. The van der Waals surface area contributed by atoms with Gasteiger partial charge in [0.2, 0.25) is 11.8 Å². The summed E-state index contributed by atoms with van der Waals surface area (Å²) in [7, 11) is 0. The van der Waals surface area contributed by atoms with E-state index < -0.39 is 0 Å². The lowest BCUT2D eigenvalue weighted by Crippen LogP contribution is -2.52. The van der Waals surface area contributed by atoms with Crippen LogP contribution >= 0.6 is 0 Å². The van der Waals surface area contributed by atoms with Gasteiger partial charge in [-0.1, -0.05) is 61.5 Å². The highest BCUT2D eigenvalue weighted by atomic mass is 16.2. The van der Waals surface area contributed by atoms with Crippen molar-refractivity contribution in [1.82, 2.24) is 10.0 Å². The van der Waals surface area contributed by atoms with Crippen LogP contribution in [0.15, 0.2) is 54.6 Å². The number of hydrogen-bond donors (Lipinski definition) is 0. The molecule has 4 atom stereocenters. The zero-order valence-corrected chi connectivity index (χ0v) is 17.3. The van der Waals surface area contributed by atoms with Gasteiger partial charge in [-0.3, -0.25) is 9.59 Å². The van der Waals surface area contributed by atoms with Gasteiger partial charge in [0, 0.05) is 24.4 Å². The molecule has 1 heterocycles. The lowest BCUT2D eigenvalue weighted by molar-refractivity contribution is -0.166. The number of allylic oxidation sites excluding steroid dienone is 2. The van der Waals surface area contributed by atoms with Gasteiger partial charge in [-0.25, -0.2) is 10.0 Å². The van der Waals surface area contributed by atoms with Gasteiger partial charge in [-0.05, 0) is 54.4 Å². The lowest BCUT2D eigenvalue weighted by Gasteiger charge is -2.38. The zero-order valence-electron chi connectivity index (χ0n) is 17.3. The summed E-state index contributed by atoms with van der Waals surface area (Å²) < 4.78 is 0. The Bertz CT molecular complexity index is 1020. The summed E-state index contributed by atoms with van der Waals surface area (Å²) >= 11 is 0. The van der Waals surface area contributed by atoms with Crippen LogP contribution in [0.2, 0.25) is 0 Å². The Morgan fingerprint density at radius 1 is 1.07 bits per heavy atom. The number of carbonyl (C=O) groups is 2. The number of nitrogens with zero attached hydrogens (tertiary/aromatic N) is 2. The fourth-order valence-electron chi connectivity index (χ4n) is 5.68. The molecule has 2 aromatic carbocycles. The average molecular weight is 389 g/mol. The molecule has 4 heteroatoms. The predicted molar refractivity (Wildman–Crippen MR) is 113 cm³/mol. The molecule has 150 valence electrons. The maximum Gasteiger partial charge on any atom is 0.247 e. The second-order valence-corrected chi connectivity index (χ2v) is 9.56. The molecule has 5 rings (SSSR count). The number of hydrazine groups is 1. The molecule has 3 aliphatic rings. The number of carbonyl (C=O) groups excluding carboxylic acids is 2. The third kappa shape index (κ3) is 2.84. The van der Waals surface area contributed by atoms with Crippen LogP contribution in [0.5, 0.6) is 0 Å². The van der Waals surface area contributed by atoms with E-state index in [0.717, 1.165) is 12.0 Å². The maximum absolute atomic E-state index is 13.6. The standard InChI is InChI=1S/C25H28N2O2/c1-16-18-11-12-19(13-18)23(16)24(29)27-22(28)14-25(2,3)26(27)15-20-9-6-8-17-7-4-5-10-21(17)20/h4-12,16,18-19,23H,13-15H2,1-3H3/t16-,18+,19-,23+/m1/s1. The quantitative estimate of drug-likeness (QED) is 0.572. The fraction of sp³-hybridized carbons (Fsp3) is 0.440. The molecule has 0 N–H and O–H groups in total. The van der Waals surface area contributed by atoms with Gasteiger partial charge in [0.25, 0.3) is 0 Å². The van der Waals surface area contributed by atoms with Crippen LogP contribution < -0.4 is 0 Å². The minimum atomic E-state index is -0.389. The van der Waals surface area contributed by atoms with E-state index in [1.54, 1.807) is 0 Å². The van der Waals surface area contributed by atoms with Crippen LogP contribution in [0.25, 0.3) is 10.8 Å². The Kier molecular flexibility index (Phi) is 4.18. The second kappa shape index (κ2) is 6.53. The Morgan fingerprint density at radius 3 is 2.55 bits per heavy atom. The summed E-state index contributed by atoms with van der Waals surface area (Å²) in [5.41, 5.74) is 0.755. The van der Waals surface area contributed by atoms with Crippen molar-refractivity contribution >= 4 is 22.6 Å². The first kappa shape index (κ1) is 18.6. The number of imide groups is 1. The molecule has 0 unspecified atom stereocenters. The Morgan fingerprint density at radius 2 is 1.79 bits per heavy atom. The van der Waals surface area contributed by atoms with Gasteiger partial charge < -0.3 is 0 Å². The monoisotopic (exact) mass is 388 g/mol. The number of fused-ring (bicyclic) bond motifs is 3. The molecule has 0 spiro atoms. The molecule has 0 aromatic heterocycles. The maximum atomic E-state index is 13.6. The fourth-order valence-corrected chi connectivity index (χ4v) is 5.68. The van der Waals surface area contributed by atoms with Crippen LogP contribution in [0.4, 0.5) is 0 Å². The van der Waals surface area contributed by atoms with Crippen molar-refractivity contribution < 1.29 is 9.59 Å². The summed E-state index contributed by atoms with van der Waals surface area (Å²) in [6.07, 6.45) is 5.86. The van der Waals surface area contributed by atoms with Crippen molar-refractivity contribution in [2.45, 2.75) is 45.7 Å². The number of amides is 2. The van der Waals surface area contributed by atoms with Crippen molar-refractivity contribution in [3.05, 3.63) is 60.2 Å². The highest BCUT2D eigenvalue weighted by Gasteiger charge is 2.53. The summed E-state index contributed by atoms with van der Waals surface area (Å²) in [4.78, 5) is 26.7. The van der Waals surface area contributed by atoms with Crippen molar-refractivity contribution in [2.24, 2.45) is 23.7 Å². The van der Waals surface area contributed by atoms with Gasteiger partial charge in [-0.15, -0.1) is 0 Å². The molecule has 2 bridgehead atoms. The Hall–Kier alpha value is -2.46. The van der Waals surface area contributed by atoms with E-state index in [2.05, 4.69) is 63.3 Å². The molecule has 2 amide bonds. The minimum Gasteiger partial charge on any atom is -0.273 e. The topological polar surface area (TPSA) is 40.6 Å². The number of hydrogen-bond acceptors (Lipinski definition) is 3. The van der Waals surface area contributed by atoms with E-state index in [1.165, 1.54) is 15.8 Å². The normalized spacial score (nSPS) is 30.6. The highest BCUT2D eigenvalue weighted by Crippen LogP contribution is 2.49. The molecular weight excluding hydrogens is 360 g/mol. The van der Waals surface area contributed by atoms with Crippen LogP contribution in [-0.2, 0) is 16.1 Å². The summed E-state index contributed by atoms with van der Waals surface area (Å²) in [6.45, 7) is 6.84. The van der Waals surface area contributed by atoms with E-state index >= 15 is 0 Å². The summed E-state index contributed by atoms with van der Waals surface area (Å²) in [6, 6.07) is 14.6. The number of rotatable bonds is 3. The van der Waals surface area contributed by atoms with E-state index in [4.69, 9.17) is 0 Å². The molecule has 2 aromatic rings. The van der Waals surface area contributed by atoms with Crippen molar-refractivity contribution in [3.8, 4) is 0 Å². The van der Waals surface area contributed by atoms with Crippen LogP contribution in [-0.4, -0.2) is 27.4 Å². The van der Waals surface area contributed by atoms with E-state index in [1.807, 2.05) is 17.1 Å². The molecule has 4 nitrogen and oxygen atoms in total. The Labute approximate surface area is 172 Å². The predicted octanol–water partition coefficient (Wildman–Crippen LogP) is 4.55. The molecule has 2 fully saturated rings. The second-order valence-electron chi connectivity index (χ2n) is 9.56. The van der Waals surface area contributed by atoms with Crippen molar-refractivity contribution in [1.29, 1.82) is 0 Å². The molecule has 1 saturated carbocycles. The van der Waals surface area contributed by atoms with E-state index in [0.29, 0.717) is 24.8 Å². The van der Waals surface area contributed by atoms with Gasteiger partial charge in [0.15, 0.2) is 0 Å². The molecule has 1 aliphatic heterocycles. The summed E-state index contributed by atoms with van der Waals surface area (Å²) in [5.74, 6) is 0.889. The van der Waals surface area contributed by atoms with Gasteiger partial charge in [-0.2, -0.15) is 0 Å². The molecule has 0 radical (unpaired) electrons. The Balaban J connectivity index is 1.50. The molecular formula is C25H28N2O2. The van der Waals surface area contributed by atoms with Crippen LogP contribution in [0.1, 0.15) is 39.2 Å². The molecule has 29 heavy (non-hydrogen) atoms. The number of benzene rings is 2.